The number of benzene rings is 1. The van der Waals surface area contributed by atoms with Gasteiger partial charge in [0.05, 0.1) is 0 Å². The van der Waals surface area contributed by atoms with Gasteiger partial charge >= 0.3 is 6.36 Å². The van der Waals surface area contributed by atoms with Gasteiger partial charge in [-0.2, -0.15) is 0 Å². The second-order valence-corrected chi connectivity index (χ2v) is 5.37. The SMILES string of the molecule is Cl.O=C(CC1CCNCC1)NCc1ccc(OC(F)(F)F)cc1. The van der Waals surface area contributed by atoms with Crippen molar-refractivity contribution in [1.82, 2.24) is 10.6 Å². The standard InChI is InChI=1S/C15H19F3N2O2.ClH/c16-15(17,18)22-13-3-1-12(2-4-13)10-20-14(21)9-11-5-7-19-8-6-11;/h1-4,11,19H,5-10H2,(H,20,21);1H. The fourth-order valence-corrected chi connectivity index (χ4v) is 2.43. The lowest BCUT2D eigenvalue weighted by molar-refractivity contribution is -0.274. The highest BCUT2D eigenvalue weighted by atomic mass is 35.5. The normalized spacial score (nSPS) is 15.6. The molecule has 2 N–H and O–H groups in total. The van der Waals surface area contributed by atoms with E-state index in [4.69, 9.17) is 0 Å². The number of ether oxygens (including phenoxy) is 1. The van der Waals surface area contributed by atoms with Crippen molar-refractivity contribution in [3.05, 3.63) is 29.8 Å². The van der Waals surface area contributed by atoms with E-state index >= 15 is 0 Å². The molecule has 1 heterocycles. The van der Waals surface area contributed by atoms with Crippen molar-refractivity contribution in [3.63, 3.8) is 0 Å². The Morgan fingerprint density at radius 2 is 1.83 bits per heavy atom. The van der Waals surface area contributed by atoms with Crippen LogP contribution in [0.4, 0.5) is 13.2 Å². The maximum Gasteiger partial charge on any atom is 0.573 e. The maximum atomic E-state index is 12.0. The van der Waals surface area contributed by atoms with E-state index in [1.54, 1.807) is 0 Å². The zero-order valence-corrected chi connectivity index (χ0v) is 13.3. The summed E-state index contributed by atoms with van der Waals surface area (Å²) in [4.78, 5) is 11.8. The molecule has 1 aliphatic rings. The molecule has 0 atom stereocenters. The van der Waals surface area contributed by atoms with Gasteiger partial charge < -0.3 is 15.4 Å². The summed E-state index contributed by atoms with van der Waals surface area (Å²) in [6, 6.07) is 5.49. The molecule has 0 bridgehead atoms. The van der Waals surface area contributed by atoms with Gasteiger partial charge in [0, 0.05) is 13.0 Å². The molecule has 23 heavy (non-hydrogen) atoms. The minimum atomic E-state index is -4.69. The molecule has 8 heteroatoms. The summed E-state index contributed by atoms with van der Waals surface area (Å²) in [5, 5.41) is 6.04. The molecule has 1 saturated heterocycles. The summed E-state index contributed by atoms with van der Waals surface area (Å²) in [5.74, 6) is 0.114. The van der Waals surface area contributed by atoms with E-state index in [1.165, 1.54) is 24.3 Å². The van der Waals surface area contributed by atoms with Crippen molar-refractivity contribution in [1.29, 1.82) is 0 Å². The highest BCUT2D eigenvalue weighted by molar-refractivity contribution is 5.85. The van der Waals surface area contributed by atoms with Crippen LogP contribution in [0.5, 0.6) is 5.75 Å². The van der Waals surface area contributed by atoms with Crippen molar-refractivity contribution in [2.24, 2.45) is 5.92 Å². The van der Waals surface area contributed by atoms with Crippen LogP contribution in [0.2, 0.25) is 0 Å². The number of amides is 1. The molecule has 1 aromatic carbocycles. The van der Waals surface area contributed by atoms with Crippen LogP contribution in [0.3, 0.4) is 0 Å². The first kappa shape index (κ1) is 19.6. The number of hydrogen-bond donors (Lipinski definition) is 2. The summed E-state index contributed by atoms with van der Waals surface area (Å²) in [6.07, 6.45) is -2.20. The van der Waals surface area contributed by atoms with E-state index in [1.807, 2.05) is 0 Å². The lowest BCUT2D eigenvalue weighted by Crippen LogP contribution is -2.32. The third-order valence-electron chi connectivity index (χ3n) is 3.58. The van der Waals surface area contributed by atoms with Gasteiger partial charge in [0.2, 0.25) is 5.91 Å². The van der Waals surface area contributed by atoms with Crippen molar-refractivity contribution in [2.75, 3.05) is 13.1 Å². The Bertz CT molecular complexity index is 488. The maximum absolute atomic E-state index is 12.0. The van der Waals surface area contributed by atoms with Gasteiger partial charge in [-0.3, -0.25) is 4.79 Å². The molecule has 0 aromatic heterocycles. The molecule has 1 fully saturated rings. The Kier molecular flexibility index (Phi) is 7.64. The van der Waals surface area contributed by atoms with Gasteiger partial charge in [-0.05, 0) is 49.5 Å². The number of carbonyl (C=O) groups is 1. The molecule has 0 spiro atoms. The summed E-state index contributed by atoms with van der Waals surface area (Å²) in [7, 11) is 0. The van der Waals surface area contributed by atoms with Crippen molar-refractivity contribution in [3.8, 4) is 5.75 Å². The molecule has 1 aliphatic heterocycles. The van der Waals surface area contributed by atoms with Crippen LogP contribution in [0.1, 0.15) is 24.8 Å². The lowest BCUT2D eigenvalue weighted by Gasteiger charge is -2.21. The molecule has 1 aromatic rings. The van der Waals surface area contributed by atoms with Crippen LogP contribution in [-0.4, -0.2) is 25.4 Å². The van der Waals surface area contributed by atoms with E-state index in [2.05, 4.69) is 15.4 Å². The van der Waals surface area contributed by atoms with Crippen LogP contribution < -0.4 is 15.4 Å². The Morgan fingerprint density at radius 3 is 2.39 bits per heavy atom. The fraction of sp³-hybridized carbons (Fsp3) is 0.533. The number of halogens is 4. The Hall–Kier alpha value is -1.47. The quantitative estimate of drug-likeness (QED) is 0.856. The number of carbonyl (C=O) groups excluding carboxylic acids is 1. The van der Waals surface area contributed by atoms with Gasteiger partial charge in [-0.1, -0.05) is 12.1 Å². The van der Waals surface area contributed by atoms with Gasteiger partial charge in [0.1, 0.15) is 5.75 Å². The Labute approximate surface area is 139 Å². The van der Waals surface area contributed by atoms with Crippen LogP contribution in [0.15, 0.2) is 24.3 Å². The highest BCUT2D eigenvalue weighted by Crippen LogP contribution is 2.22. The zero-order valence-electron chi connectivity index (χ0n) is 12.5. The Morgan fingerprint density at radius 1 is 1.22 bits per heavy atom. The van der Waals surface area contributed by atoms with Gasteiger partial charge in [0.15, 0.2) is 0 Å². The number of alkyl halides is 3. The highest BCUT2D eigenvalue weighted by Gasteiger charge is 2.30. The molecule has 0 unspecified atom stereocenters. The largest absolute Gasteiger partial charge is 0.573 e. The average molecular weight is 353 g/mol. The fourth-order valence-electron chi connectivity index (χ4n) is 2.43. The number of rotatable bonds is 5. The summed E-state index contributed by atoms with van der Waals surface area (Å²) >= 11 is 0. The molecule has 130 valence electrons. The van der Waals surface area contributed by atoms with E-state index in [-0.39, 0.29) is 24.1 Å². The number of piperidine rings is 1. The van der Waals surface area contributed by atoms with Crippen LogP contribution in [-0.2, 0) is 11.3 Å². The second kappa shape index (κ2) is 8.98. The van der Waals surface area contributed by atoms with Crippen molar-refractivity contribution < 1.29 is 22.7 Å². The van der Waals surface area contributed by atoms with E-state index in [9.17, 15) is 18.0 Å². The summed E-state index contributed by atoms with van der Waals surface area (Å²) in [5.41, 5.74) is 0.730. The molecular weight excluding hydrogens is 333 g/mol. The third kappa shape index (κ3) is 7.56. The summed E-state index contributed by atoms with van der Waals surface area (Å²) in [6.45, 7) is 2.19. The third-order valence-corrected chi connectivity index (χ3v) is 3.58. The van der Waals surface area contributed by atoms with E-state index < -0.39 is 6.36 Å². The van der Waals surface area contributed by atoms with Gasteiger partial charge in [-0.15, -0.1) is 25.6 Å². The topological polar surface area (TPSA) is 50.4 Å². The smallest absolute Gasteiger partial charge is 0.406 e. The van der Waals surface area contributed by atoms with Crippen LogP contribution in [0, 0.1) is 5.92 Å². The Balaban J connectivity index is 0.00000264. The van der Waals surface area contributed by atoms with Crippen molar-refractivity contribution in [2.45, 2.75) is 32.2 Å². The van der Waals surface area contributed by atoms with Crippen molar-refractivity contribution >= 4 is 18.3 Å². The minimum Gasteiger partial charge on any atom is -0.406 e. The van der Waals surface area contributed by atoms with Gasteiger partial charge in [-0.25, -0.2) is 0 Å². The monoisotopic (exact) mass is 352 g/mol. The predicted octanol–water partition coefficient (Wildman–Crippen LogP) is 3.01. The van der Waals surface area contributed by atoms with Crippen LogP contribution in [0.25, 0.3) is 0 Å². The molecule has 0 saturated carbocycles. The summed E-state index contributed by atoms with van der Waals surface area (Å²) < 4.78 is 39.9. The average Bonchev–Trinajstić information content (AvgIpc) is 2.46. The first-order chi connectivity index (χ1) is 10.4. The number of hydrogen-bond acceptors (Lipinski definition) is 3. The van der Waals surface area contributed by atoms with Crippen LogP contribution >= 0.6 is 12.4 Å². The number of nitrogens with one attached hydrogen (secondary N) is 2. The van der Waals surface area contributed by atoms with E-state index in [0.29, 0.717) is 18.9 Å². The molecule has 0 radical (unpaired) electrons. The van der Waals surface area contributed by atoms with Gasteiger partial charge in [0.25, 0.3) is 0 Å². The minimum absolute atomic E-state index is 0. The molecular formula is C15H20ClF3N2O2. The molecule has 2 rings (SSSR count). The first-order valence-corrected chi connectivity index (χ1v) is 7.24. The second-order valence-electron chi connectivity index (χ2n) is 5.37. The lowest BCUT2D eigenvalue weighted by atomic mass is 9.94. The van der Waals surface area contributed by atoms with E-state index in [0.717, 1.165) is 31.5 Å². The first-order valence-electron chi connectivity index (χ1n) is 7.24. The molecule has 1 amide bonds. The molecule has 0 aliphatic carbocycles. The molecule has 4 nitrogen and oxygen atoms in total. The zero-order chi connectivity index (χ0) is 16.0. The predicted molar refractivity (Wildman–Crippen MR) is 82.4 cm³/mol.